The van der Waals surface area contributed by atoms with Crippen LogP contribution in [0.2, 0.25) is 0 Å². The number of methoxy groups -OCH3 is 2. The molecule has 0 aromatic heterocycles. The predicted octanol–water partition coefficient (Wildman–Crippen LogP) is 2.35. The fourth-order valence-corrected chi connectivity index (χ4v) is 2.66. The Labute approximate surface area is 147 Å². The molecule has 0 fully saturated rings. The monoisotopic (exact) mass is 364 g/mol. The number of nitrogens with zero attached hydrogens (tertiary/aromatic N) is 1. The molecular formula is C17H20N2O5S. The Morgan fingerprint density at radius 2 is 1.80 bits per heavy atom. The van der Waals surface area contributed by atoms with E-state index < -0.39 is 15.9 Å². The number of carbonyl (C=O) groups is 1. The maximum atomic E-state index is 12.6. The Bertz CT molecular complexity index is 880. The summed E-state index contributed by atoms with van der Waals surface area (Å²) in [6, 6.07) is 11.5. The quantitative estimate of drug-likeness (QED) is 0.850. The maximum Gasteiger partial charge on any atom is 0.259 e. The van der Waals surface area contributed by atoms with Crippen molar-refractivity contribution in [2.24, 2.45) is 0 Å². The van der Waals surface area contributed by atoms with Gasteiger partial charge in [0.05, 0.1) is 31.7 Å². The SMILES string of the molecule is COc1cccc(NC(=O)c2cc(N(C)S(C)(=O)=O)ccc2OC)c1. The molecule has 134 valence electrons. The van der Waals surface area contributed by atoms with Crippen LogP contribution in [0.4, 0.5) is 11.4 Å². The second-order valence-electron chi connectivity index (χ2n) is 5.30. The number of benzene rings is 2. The van der Waals surface area contributed by atoms with Gasteiger partial charge in [-0.1, -0.05) is 6.07 Å². The summed E-state index contributed by atoms with van der Waals surface area (Å²) < 4.78 is 34.9. The molecule has 0 heterocycles. The third kappa shape index (κ3) is 4.42. The molecule has 0 spiro atoms. The summed E-state index contributed by atoms with van der Waals surface area (Å²) in [5.41, 5.74) is 1.13. The van der Waals surface area contributed by atoms with Crippen molar-refractivity contribution in [1.29, 1.82) is 0 Å². The lowest BCUT2D eigenvalue weighted by molar-refractivity contribution is 0.102. The maximum absolute atomic E-state index is 12.6. The van der Waals surface area contributed by atoms with Crippen LogP contribution in [0.15, 0.2) is 42.5 Å². The normalized spacial score (nSPS) is 10.9. The number of amides is 1. The van der Waals surface area contributed by atoms with Crippen molar-refractivity contribution in [3.05, 3.63) is 48.0 Å². The van der Waals surface area contributed by atoms with Crippen LogP contribution in [0.5, 0.6) is 11.5 Å². The van der Waals surface area contributed by atoms with Gasteiger partial charge in [-0.05, 0) is 30.3 Å². The van der Waals surface area contributed by atoms with E-state index in [2.05, 4.69) is 5.32 Å². The van der Waals surface area contributed by atoms with Crippen LogP contribution in [-0.2, 0) is 10.0 Å². The highest BCUT2D eigenvalue weighted by Crippen LogP contribution is 2.27. The van der Waals surface area contributed by atoms with Gasteiger partial charge in [-0.2, -0.15) is 0 Å². The smallest absolute Gasteiger partial charge is 0.259 e. The molecule has 2 aromatic rings. The van der Waals surface area contributed by atoms with E-state index in [0.717, 1.165) is 10.6 Å². The van der Waals surface area contributed by atoms with Crippen LogP contribution in [-0.4, -0.2) is 41.8 Å². The first kappa shape index (κ1) is 18.6. The van der Waals surface area contributed by atoms with Gasteiger partial charge in [-0.25, -0.2) is 8.42 Å². The Morgan fingerprint density at radius 3 is 2.40 bits per heavy atom. The van der Waals surface area contributed by atoms with Crippen LogP contribution >= 0.6 is 0 Å². The molecule has 0 unspecified atom stereocenters. The lowest BCUT2D eigenvalue weighted by Gasteiger charge is -2.18. The molecule has 25 heavy (non-hydrogen) atoms. The molecule has 0 aliphatic rings. The highest BCUT2D eigenvalue weighted by atomic mass is 32.2. The van der Waals surface area contributed by atoms with Gasteiger partial charge < -0.3 is 14.8 Å². The van der Waals surface area contributed by atoms with Crippen molar-refractivity contribution in [2.75, 3.05) is 37.1 Å². The van der Waals surface area contributed by atoms with E-state index >= 15 is 0 Å². The number of carbonyl (C=O) groups excluding carboxylic acids is 1. The summed E-state index contributed by atoms with van der Waals surface area (Å²) >= 11 is 0. The summed E-state index contributed by atoms with van der Waals surface area (Å²) in [6.07, 6.45) is 1.09. The van der Waals surface area contributed by atoms with Gasteiger partial charge >= 0.3 is 0 Å². The fourth-order valence-electron chi connectivity index (χ4n) is 2.16. The molecule has 1 amide bonds. The van der Waals surface area contributed by atoms with E-state index in [-0.39, 0.29) is 5.56 Å². The number of nitrogens with one attached hydrogen (secondary N) is 1. The molecule has 7 nitrogen and oxygen atoms in total. The van der Waals surface area contributed by atoms with Crippen molar-refractivity contribution in [3.8, 4) is 11.5 Å². The summed E-state index contributed by atoms with van der Waals surface area (Å²) in [6.45, 7) is 0. The van der Waals surface area contributed by atoms with Gasteiger partial charge in [0.25, 0.3) is 5.91 Å². The van der Waals surface area contributed by atoms with Crippen molar-refractivity contribution < 1.29 is 22.7 Å². The largest absolute Gasteiger partial charge is 0.497 e. The average molecular weight is 364 g/mol. The highest BCUT2D eigenvalue weighted by molar-refractivity contribution is 7.92. The van der Waals surface area contributed by atoms with Crippen LogP contribution < -0.4 is 19.1 Å². The van der Waals surface area contributed by atoms with Gasteiger partial charge in [-0.3, -0.25) is 9.10 Å². The molecule has 2 aromatic carbocycles. The minimum absolute atomic E-state index is 0.221. The van der Waals surface area contributed by atoms with Crippen LogP contribution in [0.1, 0.15) is 10.4 Å². The first-order valence-corrected chi connectivity index (χ1v) is 9.18. The number of hydrogen-bond donors (Lipinski definition) is 1. The van der Waals surface area contributed by atoms with E-state index in [4.69, 9.17) is 9.47 Å². The zero-order valence-electron chi connectivity index (χ0n) is 14.4. The number of hydrogen-bond acceptors (Lipinski definition) is 5. The first-order valence-electron chi connectivity index (χ1n) is 7.33. The topological polar surface area (TPSA) is 84.9 Å². The molecule has 0 aliphatic heterocycles. The minimum Gasteiger partial charge on any atom is -0.497 e. The standard InChI is InChI=1S/C17H20N2O5S/c1-19(25(4,21)22)13-8-9-16(24-3)15(11-13)17(20)18-12-6-5-7-14(10-12)23-2/h5-11H,1-4H3,(H,18,20). The zero-order valence-corrected chi connectivity index (χ0v) is 15.3. The second-order valence-corrected chi connectivity index (χ2v) is 7.31. The molecule has 1 N–H and O–H groups in total. The third-order valence-electron chi connectivity index (χ3n) is 3.62. The van der Waals surface area contributed by atoms with Crippen molar-refractivity contribution >= 4 is 27.3 Å². The lowest BCUT2D eigenvalue weighted by Crippen LogP contribution is -2.25. The molecule has 0 saturated carbocycles. The molecule has 0 bridgehead atoms. The number of rotatable bonds is 6. The minimum atomic E-state index is -3.44. The van der Waals surface area contributed by atoms with E-state index in [0.29, 0.717) is 22.9 Å². The zero-order chi connectivity index (χ0) is 18.6. The molecule has 0 saturated heterocycles. The van der Waals surface area contributed by atoms with E-state index in [1.54, 1.807) is 36.4 Å². The molecule has 0 atom stereocenters. The summed E-state index contributed by atoms with van der Waals surface area (Å²) in [5.74, 6) is 0.523. The summed E-state index contributed by atoms with van der Waals surface area (Å²) in [7, 11) is 0.954. The highest BCUT2D eigenvalue weighted by Gasteiger charge is 2.18. The Morgan fingerprint density at radius 1 is 1.08 bits per heavy atom. The number of ether oxygens (including phenoxy) is 2. The van der Waals surface area contributed by atoms with E-state index in [1.807, 2.05) is 0 Å². The predicted molar refractivity (Wildman–Crippen MR) is 97.2 cm³/mol. The van der Waals surface area contributed by atoms with Crippen molar-refractivity contribution in [2.45, 2.75) is 0 Å². The Hall–Kier alpha value is -2.74. The van der Waals surface area contributed by atoms with Crippen LogP contribution in [0, 0.1) is 0 Å². The lowest BCUT2D eigenvalue weighted by atomic mass is 10.1. The van der Waals surface area contributed by atoms with Crippen molar-refractivity contribution in [1.82, 2.24) is 0 Å². The molecular weight excluding hydrogens is 344 g/mol. The molecule has 0 aliphatic carbocycles. The molecule has 2 rings (SSSR count). The number of sulfonamides is 1. The van der Waals surface area contributed by atoms with Gasteiger partial charge in [0.15, 0.2) is 0 Å². The first-order chi connectivity index (χ1) is 11.8. The summed E-state index contributed by atoms with van der Waals surface area (Å²) in [4.78, 5) is 12.6. The molecule has 0 radical (unpaired) electrons. The average Bonchev–Trinajstić information content (AvgIpc) is 2.59. The van der Waals surface area contributed by atoms with E-state index in [9.17, 15) is 13.2 Å². The van der Waals surface area contributed by atoms with Crippen LogP contribution in [0.3, 0.4) is 0 Å². The summed E-state index contributed by atoms with van der Waals surface area (Å²) in [5, 5.41) is 2.75. The van der Waals surface area contributed by atoms with Gasteiger partial charge in [0.2, 0.25) is 10.0 Å². The van der Waals surface area contributed by atoms with Gasteiger partial charge in [0, 0.05) is 18.8 Å². The molecule has 8 heteroatoms. The number of anilines is 2. The van der Waals surface area contributed by atoms with Crippen molar-refractivity contribution in [3.63, 3.8) is 0 Å². The van der Waals surface area contributed by atoms with E-state index in [1.165, 1.54) is 27.3 Å². The Kier molecular flexibility index (Phi) is 5.53. The fraction of sp³-hybridized carbons (Fsp3) is 0.235. The Balaban J connectivity index is 2.37. The van der Waals surface area contributed by atoms with Crippen LogP contribution in [0.25, 0.3) is 0 Å². The van der Waals surface area contributed by atoms with Gasteiger partial charge in [0.1, 0.15) is 11.5 Å². The van der Waals surface area contributed by atoms with Gasteiger partial charge in [-0.15, -0.1) is 0 Å². The third-order valence-corrected chi connectivity index (χ3v) is 4.82. The second kappa shape index (κ2) is 7.43.